The Balaban J connectivity index is 1.72. The summed E-state index contributed by atoms with van der Waals surface area (Å²) < 4.78 is 20.2. The van der Waals surface area contributed by atoms with Gasteiger partial charge < -0.3 is 34.4 Å². The molecule has 0 fully saturated rings. The van der Waals surface area contributed by atoms with Crippen LogP contribution in [-0.2, 0) is 32.1 Å². The molecular formula is C25H26N2O9. The number of hydrogen-bond donors (Lipinski definition) is 3. The molecule has 0 bridgehead atoms. The summed E-state index contributed by atoms with van der Waals surface area (Å²) in [4.78, 5) is 49.4. The molecule has 190 valence electrons. The molecule has 3 rings (SSSR count). The number of ether oxygens (including phenoxy) is 3. The number of rotatable bonds is 10. The Hall–Kier alpha value is -4.38. The van der Waals surface area contributed by atoms with Crippen molar-refractivity contribution in [3.05, 3.63) is 76.1 Å². The van der Waals surface area contributed by atoms with Crippen molar-refractivity contribution in [2.75, 3.05) is 20.8 Å². The molecule has 2 aromatic carbocycles. The summed E-state index contributed by atoms with van der Waals surface area (Å²) in [5.74, 6) is -1.17. The fourth-order valence-electron chi connectivity index (χ4n) is 3.44. The minimum atomic E-state index is -1.40. The zero-order valence-corrected chi connectivity index (χ0v) is 19.7. The number of benzene rings is 2. The van der Waals surface area contributed by atoms with Crippen molar-refractivity contribution in [1.29, 1.82) is 0 Å². The maximum Gasteiger partial charge on any atom is 0.408 e. The molecule has 0 saturated carbocycles. The number of carbonyl (C=O) groups excluding carboxylic acids is 3. The predicted molar refractivity (Wildman–Crippen MR) is 127 cm³/mol. The highest BCUT2D eigenvalue weighted by Gasteiger charge is 2.28. The largest absolute Gasteiger partial charge is 0.497 e. The Morgan fingerprint density at radius 1 is 1.00 bits per heavy atom. The third-order valence-electron chi connectivity index (χ3n) is 5.27. The third kappa shape index (κ3) is 6.83. The van der Waals surface area contributed by atoms with Gasteiger partial charge in [0.25, 0.3) is 0 Å². The molecule has 0 aliphatic rings. The van der Waals surface area contributed by atoms with Gasteiger partial charge >= 0.3 is 17.7 Å². The zero-order valence-electron chi connectivity index (χ0n) is 19.7. The molecule has 2 atom stereocenters. The standard InChI is InChI=1S/C25H26N2O9/c1-33-17-8-9-18-16(11-22(29)36-21(18)12-17)10-19(24(31)34-2)26-23(30)20(13-28)27-25(32)35-14-15-6-4-3-5-7-15/h3-9,11-12,19-20,28H,10,13-14H2,1-2H3,(H,26,30)(H,27,32)/t19-,20+/m1/s1. The minimum absolute atomic E-state index is 0.0360. The maximum absolute atomic E-state index is 12.8. The molecule has 1 heterocycles. The van der Waals surface area contributed by atoms with Gasteiger partial charge in [-0.3, -0.25) is 4.79 Å². The molecule has 11 nitrogen and oxygen atoms in total. The molecule has 11 heteroatoms. The van der Waals surface area contributed by atoms with E-state index in [2.05, 4.69) is 10.6 Å². The van der Waals surface area contributed by atoms with Gasteiger partial charge in [-0.2, -0.15) is 0 Å². The van der Waals surface area contributed by atoms with E-state index >= 15 is 0 Å². The summed E-state index contributed by atoms with van der Waals surface area (Å²) in [7, 11) is 2.61. The number of carbonyl (C=O) groups is 3. The van der Waals surface area contributed by atoms with E-state index in [9.17, 15) is 24.3 Å². The first-order valence-corrected chi connectivity index (χ1v) is 10.9. The lowest BCUT2D eigenvalue weighted by Crippen LogP contribution is -2.54. The van der Waals surface area contributed by atoms with E-state index in [-0.39, 0.29) is 18.6 Å². The quantitative estimate of drug-likeness (QED) is 0.277. The number of aliphatic hydroxyl groups excluding tert-OH is 1. The van der Waals surface area contributed by atoms with Crippen molar-refractivity contribution < 1.29 is 38.1 Å². The number of alkyl carbamates (subject to hydrolysis) is 1. The molecule has 2 amide bonds. The van der Waals surface area contributed by atoms with Crippen LogP contribution >= 0.6 is 0 Å². The van der Waals surface area contributed by atoms with Crippen LogP contribution in [0.4, 0.5) is 4.79 Å². The number of nitrogens with one attached hydrogen (secondary N) is 2. The van der Waals surface area contributed by atoms with Gasteiger partial charge in [-0.05, 0) is 23.3 Å². The average molecular weight is 498 g/mol. The van der Waals surface area contributed by atoms with Crippen LogP contribution in [0.5, 0.6) is 5.75 Å². The summed E-state index contributed by atoms with van der Waals surface area (Å²) in [5.41, 5.74) is 0.732. The summed E-state index contributed by atoms with van der Waals surface area (Å²) >= 11 is 0. The van der Waals surface area contributed by atoms with Gasteiger partial charge in [0.1, 0.15) is 30.0 Å². The van der Waals surface area contributed by atoms with Crippen molar-refractivity contribution in [1.82, 2.24) is 10.6 Å². The Labute approximate surface area is 206 Å². The minimum Gasteiger partial charge on any atom is -0.497 e. The Kier molecular flexibility index (Phi) is 9.01. The number of amides is 2. The van der Waals surface area contributed by atoms with Gasteiger partial charge in [-0.1, -0.05) is 30.3 Å². The Morgan fingerprint density at radius 3 is 2.42 bits per heavy atom. The lowest BCUT2D eigenvalue weighted by atomic mass is 10.0. The topological polar surface area (TPSA) is 153 Å². The van der Waals surface area contributed by atoms with Gasteiger partial charge in [0.15, 0.2) is 0 Å². The molecule has 0 aliphatic heterocycles. The summed E-state index contributed by atoms with van der Waals surface area (Å²) in [6.07, 6.45) is -1.05. The van der Waals surface area contributed by atoms with E-state index in [0.717, 1.165) is 12.7 Å². The van der Waals surface area contributed by atoms with Gasteiger partial charge in [0, 0.05) is 23.9 Å². The van der Waals surface area contributed by atoms with E-state index in [1.165, 1.54) is 19.2 Å². The fraction of sp³-hybridized carbons (Fsp3) is 0.280. The first-order valence-electron chi connectivity index (χ1n) is 10.9. The molecule has 3 N–H and O–H groups in total. The summed E-state index contributed by atoms with van der Waals surface area (Å²) in [6.45, 7) is -0.788. The summed E-state index contributed by atoms with van der Waals surface area (Å²) in [6, 6.07) is 12.3. The van der Waals surface area contributed by atoms with Crippen LogP contribution in [0.1, 0.15) is 11.1 Å². The highest BCUT2D eigenvalue weighted by Crippen LogP contribution is 2.23. The van der Waals surface area contributed by atoms with Crippen molar-refractivity contribution in [2.24, 2.45) is 0 Å². The molecular weight excluding hydrogens is 472 g/mol. The van der Waals surface area contributed by atoms with Crippen LogP contribution in [0.15, 0.2) is 63.8 Å². The molecule has 36 heavy (non-hydrogen) atoms. The van der Waals surface area contributed by atoms with E-state index in [1.54, 1.807) is 36.4 Å². The lowest BCUT2D eigenvalue weighted by Gasteiger charge is -2.21. The van der Waals surface area contributed by atoms with Crippen LogP contribution in [0.2, 0.25) is 0 Å². The number of esters is 1. The van der Waals surface area contributed by atoms with Gasteiger partial charge in [0.05, 0.1) is 20.8 Å². The molecule has 0 saturated heterocycles. The maximum atomic E-state index is 12.8. The molecule has 0 aliphatic carbocycles. The second kappa shape index (κ2) is 12.4. The first kappa shape index (κ1) is 26.2. The van der Waals surface area contributed by atoms with E-state index in [4.69, 9.17) is 18.6 Å². The molecule has 3 aromatic rings. The van der Waals surface area contributed by atoms with Gasteiger partial charge in [-0.25, -0.2) is 14.4 Å². The highest BCUT2D eigenvalue weighted by atomic mass is 16.5. The zero-order chi connectivity index (χ0) is 26.1. The van der Waals surface area contributed by atoms with Crippen molar-refractivity contribution >= 4 is 28.9 Å². The average Bonchev–Trinajstić information content (AvgIpc) is 2.89. The molecule has 1 aromatic heterocycles. The van der Waals surface area contributed by atoms with Crippen molar-refractivity contribution in [3.63, 3.8) is 0 Å². The predicted octanol–water partition coefficient (Wildman–Crippen LogP) is 1.29. The third-order valence-corrected chi connectivity index (χ3v) is 5.27. The van der Waals surface area contributed by atoms with Crippen LogP contribution in [-0.4, -0.2) is 56.0 Å². The van der Waals surface area contributed by atoms with Crippen LogP contribution in [0, 0.1) is 0 Å². The van der Waals surface area contributed by atoms with Crippen molar-refractivity contribution in [2.45, 2.75) is 25.1 Å². The van der Waals surface area contributed by atoms with E-state index in [1.807, 2.05) is 6.07 Å². The number of aliphatic hydroxyl groups is 1. The van der Waals surface area contributed by atoms with Crippen LogP contribution in [0.3, 0.4) is 0 Å². The normalized spacial score (nSPS) is 12.3. The van der Waals surface area contributed by atoms with Crippen LogP contribution in [0.25, 0.3) is 11.0 Å². The highest BCUT2D eigenvalue weighted by molar-refractivity contribution is 5.90. The molecule has 0 spiro atoms. The molecule has 0 unspecified atom stereocenters. The fourth-order valence-corrected chi connectivity index (χ4v) is 3.44. The van der Waals surface area contributed by atoms with Gasteiger partial charge in [0.2, 0.25) is 5.91 Å². The summed E-state index contributed by atoms with van der Waals surface area (Å²) in [5, 5.41) is 14.9. The molecule has 0 radical (unpaired) electrons. The Morgan fingerprint density at radius 2 is 1.75 bits per heavy atom. The van der Waals surface area contributed by atoms with E-state index < -0.39 is 42.3 Å². The smallest absolute Gasteiger partial charge is 0.408 e. The first-order chi connectivity index (χ1) is 17.3. The monoisotopic (exact) mass is 498 g/mol. The second-order valence-electron chi connectivity index (χ2n) is 7.68. The number of hydrogen-bond acceptors (Lipinski definition) is 9. The number of fused-ring (bicyclic) bond motifs is 1. The SMILES string of the molecule is COC(=O)[C@@H](Cc1cc(=O)oc2cc(OC)ccc12)NC(=O)[C@H](CO)NC(=O)OCc1ccccc1. The number of methoxy groups -OCH3 is 2. The van der Waals surface area contributed by atoms with Crippen molar-refractivity contribution in [3.8, 4) is 5.75 Å². The lowest BCUT2D eigenvalue weighted by molar-refractivity contribution is -0.145. The Bertz CT molecular complexity index is 1270. The van der Waals surface area contributed by atoms with Gasteiger partial charge in [-0.15, -0.1) is 0 Å². The van der Waals surface area contributed by atoms with E-state index in [0.29, 0.717) is 16.7 Å². The second-order valence-corrected chi connectivity index (χ2v) is 7.68. The van der Waals surface area contributed by atoms with Crippen LogP contribution < -0.4 is 21.0 Å².